The zero-order chi connectivity index (χ0) is 25.8. The van der Waals surface area contributed by atoms with Crippen LogP contribution in [0.1, 0.15) is 54.6 Å². The summed E-state index contributed by atoms with van der Waals surface area (Å²) >= 11 is 1.28. The van der Waals surface area contributed by atoms with Crippen LogP contribution < -0.4 is 10.2 Å². The van der Waals surface area contributed by atoms with Gasteiger partial charge >= 0.3 is 0 Å². The highest BCUT2D eigenvalue weighted by Gasteiger charge is 2.35. The van der Waals surface area contributed by atoms with Crippen molar-refractivity contribution in [3.63, 3.8) is 0 Å². The number of nitrogens with one attached hydrogen (secondary N) is 2. The van der Waals surface area contributed by atoms with Gasteiger partial charge in [-0.1, -0.05) is 0 Å². The summed E-state index contributed by atoms with van der Waals surface area (Å²) in [7, 11) is 3.57. The average molecular weight is 523 g/mol. The molecule has 2 saturated carbocycles. The highest BCUT2D eigenvalue weighted by molar-refractivity contribution is 7.98. The smallest absolute Gasteiger partial charge is 0.232 e. The summed E-state index contributed by atoms with van der Waals surface area (Å²) in [6.45, 7) is 1.92. The number of hydrogen-bond acceptors (Lipinski definition) is 7. The molecule has 37 heavy (non-hydrogen) atoms. The van der Waals surface area contributed by atoms with E-state index in [2.05, 4.69) is 20.1 Å². The molecule has 2 aliphatic carbocycles. The number of H-pyrrole nitrogens is 1. The first kappa shape index (κ1) is 23.9. The fourth-order valence-electron chi connectivity index (χ4n) is 4.66. The lowest BCUT2D eigenvalue weighted by Crippen LogP contribution is -2.18. The van der Waals surface area contributed by atoms with E-state index in [4.69, 9.17) is 15.0 Å². The Morgan fingerprint density at radius 2 is 1.76 bits per heavy atom. The van der Waals surface area contributed by atoms with Crippen LogP contribution in [0.3, 0.4) is 0 Å². The normalized spacial score (nSPS) is 15.3. The Bertz CT molecular complexity index is 1460. The lowest BCUT2D eigenvalue weighted by molar-refractivity contribution is 0.577. The van der Waals surface area contributed by atoms with Crippen molar-refractivity contribution in [2.24, 2.45) is 7.05 Å². The molecule has 8 nitrogen and oxygen atoms in total. The number of nitrogens with zero attached hydrogens (tertiary/aromatic N) is 6. The minimum Gasteiger partial charge on any atom is -0.337 e. The first-order valence-corrected chi connectivity index (χ1v) is 13.6. The van der Waals surface area contributed by atoms with Crippen LogP contribution in [0.25, 0.3) is 11.4 Å². The SMILES string of the molecule is CSc1cc(F)c(N(C)c2nc(Nc3cc(C)[nH]n3)c(C3CC3)c(-c3cn(C)c(C4CC4)n3)n2)c(F)c1. The maximum absolute atomic E-state index is 15.1. The molecule has 3 heterocycles. The second-order valence-corrected chi connectivity index (χ2v) is 10.7. The second kappa shape index (κ2) is 9.13. The molecule has 0 amide bonds. The van der Waals surface area contributed by atoms with Crippen LogP contribution in [0.2, 0.25) is 0 Å². The second-order valence-electron chi connectivity index (χ2n) is 9.84. The molecule has 11 heteroatoms. The third-order valence-corrected chi connectivity index (χ3v) is 7.54. The van der Waals surface area contributed by atoms with Gasteiger partial charge in [0.25, 0.3) is 0 Å². The fourth-order valence-corrected chi connectivity index (χ4v) is 5.10. The number of aromatic nitrogens is 6. The number of hydrogen-bond donors (Lipinski definition) is 2. The van der Waals surface area contributed by atoms with Crippen LogP contribution in [0.15, 0.2) is 29.3 Å². The predicted octanol–water partition coefficient (Wildman–Crippen LogP) is 6.18. The van der Waals surface area contributed by atoms with Crippen molar-refractivity contribution in [3.05, 3.63) is 53.1 Å². The summed E-state index contributed by atoms with van der Waals surface area (Å²) in [6, 6.07) is 4.53. The Morgan fingerprint density at radius 3 is 2.35 bits per heavy atom. The molecule has 6 rings (SSSR count). The molecule has 0 radical (unpaired) electrons. The Hall–Kier alpha value is -3.47. The van der Waals surface area contributed by atoms with Crippen molar-refractivity contribution in [1.29, 1.82) is 0 Å². The Morgan fingerprint density at radius 1 is 1.05 bits per heavy atom. The summed E-state index contributed by atoms with van der Waals surface area (Å²) in [5, 5.41) is 10.6. The van der Waals surface area contributed by atoms with E-state index in [0.717, 1.165) is 48.5 Å². The van der Waals surface area contributed by atoms with Crippen LogP contribution in [0, 0.1) is 18.6 Å². The quantitative estimate of drug-likeness (QED) is 0.267. The molecular weight excluding hydrogens is 494 g/mol. The topological polar surface area (TPSA) is 87.5 Å². The number of imidazole rings is 1. The molecule has 3 aromatic heterocycles. The molecule has 192 valence electrons. The van der Waals surface area contributed by atoms with Gasteiger partial charge in [0.05, 0.1) is 0 Å². The van der Waals surface area contributed by atoms with Crippen molar-refractivity contribution < 1.29 is 8.78 Å². The number of aryl methyl sites for hydroxylation is 2. The van der Waals surface area contributed by atoms with Crippen LogP contribution >= 0.6 is 11.8 Å². The lowest BCUT2D eigenvalue weighted by Gasteiger charge is -2.22. The summed E-state index contributed by atoms with van der Waals surface area (Å²) in [6.07, 6.45) is 8.06. The maximum Gasteiger partial charge on any atom is 0.232 e. The van der Waals surface area contributed by atoms with E-state index in [1.165, 1.54) is 28.8 Å². The molecule has 0 bridgehead atoms. The Kier molecular flexibility index (Phi) is 5.89. The highest BCUT2D eigenvalue weighted by atomic mass is 32.2. The zero-order valence-electron chi connectivity index (χ0n) is 21.1. The highest BCUT2D eigenvalue weighted by Crippen LogP contribution is 2.48. The largest absolute Gasteiger partial charge is 0.337 e. The van der Waals surface area contributed by atoms with Crippen molar-refractivity contribution >= 4 is 35.0 Å². The third-order valence-electron chi connectivity index (χ3n) is 6.83. The minimum absolute atomic E-state index is 0.169. The Balaban J connectivity index is 1.52. The first-order chi connectivity index (χ1) is 17.8. The van der Waals surface area contributed by atoms with Crippen molar-refractivity contribution in [2.75, 3.05) is 23.5 Å². The van der Waals surface area contributed by atoms with Gasteiger partial charge in [-0.05, 0) is 56.9 Å². The van der Waals surface area contributed by atoms with Gasteiger partial charge in [0.15, 0.2) is 17.5 Å². The molecule has 0 atom stereocenters. The fraction of sp³-hybridized carbons (Fsp3) is 0.385. The van der Waals surface area contributed by atoms with E-state index < -0.39 is 11.6 Å². The van der Waals surface area contributed by atoms with Gasteiger partial charge in [0.2, 0.25) is 5.95 Å². The molecule has 2 N–H and O–H groups in total. The first-order valence-electron chi connectivity index (χ1n) is 12.3. The van der Waals surface area contributed by atoms with E-state index in [-0.39, 0.29) is 17.6 Å². The van der Waals surface area contributed by atoms with Crippen LogP contribution in [-0.2, 0) is 7.05 Å². The molecule has 2 fully saturated rings. The van der Waals surface area contributed by atoms with Gasteiger partial charge in [0.1, 0.15) is 28.7 Å². The van der Waals surface area contributed by atoms with Gasteiger partial charge in [-0.3, -0.25) is 5.10 Å². The summed E-state index contributed by atoms with van der Waals surface area (Å²) in [4.78, 5) is 16.5. The molecular formula is C26H28F2N8S. The monoisotopic (exact) mass is 522 g/mol. The van der Waals surface area contributed by atoms with Crippen molar-refractivity contribution in [2.45, 2.75) is 49.3 Å². The van der Waals surface area contributed by atoms with Gasteiger partial charge < -0.3 is 14.8 Å². The van der Waals surface area contributed by atoms with E-state index in [0.29, 0.717) is 28.1 Å². The average Bonchev–Trinajstić information content (AvgIpc) is 3.80. The molecule has 1 aromatic carbocycles. The number of thioether (sulfide) groups is 1. The van der Waals surface area contributed by atoms with Crippen molar-refractivity contribution in [1.82, 2.24) is 29.7 Å². The number of benzene rings is 1. The summed E-state index contributed by atoms with van der Waals surface area (Å²) < 4.78 is 32.2. The molecule has 2 aliphatic rings. The van der Waals surface area contributed by atoms with E-state index >= 15 is 8.78 Å². The third kappa shape index (κ3) is 4.56. The minimum atomic E-state index is -0.672. The zero-order valence-corrected chi connectivity index (χ0v) is 22.0. The van der Waals surface area contributed by atoms with Gasteiger partial charge in [-0.25, -0.2) is 18.7 Å². The molecule has 0 saturated heterocycles. The standard InChI is InChI=1S/C26H28F2N8S/c1-13-9-20(34-33-13)30-24-21(14-5-6-14)22(19-12-35(2)25(29-19)15-7-8-15)31-26(32-24)36(3)23-17(27)10-16(37-4)11-18(23)28/h9-12,14-15H,5-8H2,1-4H3,(H2,30,31,32,33,34). The molecule has 0 unspecified atom stereocenters. The van der Waals surface area contributed by atoms with Gasteiger partial charge in [-0.2, -0.15) is 10.1 Å². The predicted molar refractivity (Wildman–Crippen MR) is 141 cm³/mol. The van der Waals surface area contributed by atoms with Crippen molar-refractivity contribution in [3.8, 4) is 11.4 Å². The molecule has 0 spiro atoms. The van der Waals surface area contributed by atoms with E-state index in [9.17, 15) is 0 Å². The van der Waals surface area contributed by atoms with Crippen LogP contribution in [-0.4, -0.2) is 43.0 Å². The van der Waals surface area contributed by atoms with E-state index in [1.807, 2.05) is 26.2 Å². The maximum atomic E-state index is 15.1. The summed E-state index contributed by atoms with van der Waals surface area (Å²) in [5.41, 5.74) is 3.07. The van der Waals surface area contributed by atoms with Gasteiger partial charge in [0, 0.05) is 48.4 Å². The Labute approximate surface area is 217 Å². The molecule has 0 aliphatic heterocycles. The van der Waals surface area contributed by atoms with Gasteiger partial charge in [-0.15, -0.1) is 11.8 Å². The summed E-state index contributed by atoms with van der Waals surface area (Å²) in [5.74, 6) is 1.78. The van der Waals surface area contributed by atoms with Crippen LogP contribution in [0.4, 0.5) is 32.1 Å². The number of halogens is 2. The number of anilines is 4. The number of aromatic amines is 1. The number of rotatable bonds is 8. The molecule has 4 aromatic rings. The van der Waals surface area contributed by atoms with Crippen LogP contribution in [0.5, 0.6) is 0 Å². The lowest BCUT2D eigenvalue weighted by atomic mass is 10.1. The van der Waals surface area contributed by atoms with E-state index in [1.54, 1.807) is 13.3 Å².